The summed E-state index contributed by atoms with van der Waals surface area (Å²) in [6.45, 7) is 0.269. The van der Waals surface area contributed by atoms with Gasteiger partial charge in [0, 0.05) is 25.4 Å². The molecule has 0 spiro atoms. The fourth-order valence-electron chi connectivity index (χ4n) is 2.68. The molecule has 0 fully saturated rings. The van der Waals surface area contributed by atoms with Crippen LogP contribution >= 0.6 is 12.2 Å². The Morgan fingerprint density at radius 3 is 2.42 bits per heavy atom. The van der Waals surface area contributed by atoms with Crippen LogP contribution in [0.15, 0.2) is 88.4 Å². The molecule has 160 valence electrons. The lowest BCUT2D eigenvalue weighted by Crippen LogP contribution is -2.32. The molecule has 0 aliphatic rings. The quantitative estimate of drug-likeness (QED) is 0.418. The number of sulfonamides is 1. The highest BCUT2D eigenvalue weighted by molar-refractivity contribution is 7.89. The number of hydrogen-bond acceptors (Lipinski definition) is 5. The standard InChI is InChI=1S/C22H21N3O4S2/c1-25(16-17-6-3-2-4-7-17)31(27,28)20-12-9-18(10-13-20)23-22(30)24-21(26)14-11-19-8-5-15-29-19/h2-15H,16H2,1H3,(H2,23,24,26,30)/b14-11+. The van der Waals surface area contributed by atoms with E-state index in [1.807, 2.05) is 30.3 Å². The molecule has 2 N–H and O–H groups in total. The van der Waals surface area contributed by atoms with E-state index in [1.54, 1.807) is 24.3 Å². The zero-order valence-electron chi connectivity index (χ0n) is 16.7. The number of carbonyl (C=O) groups excluding carboxylic acids is 1. The zero-order chi connectivity index (χ0) is 22.3. The van der Waals surface area contributed by atoms with Crippen LogP contribution in [-0.2, 0) is 21.4 Å². The first-order chi connectivity index (χ1) is 14.8. The fourth-order valence-corrected chi connectivity index (χ4v) is 4.05. The van der Waals surface area contributed by atoms with E-state index >= 15 is 0 Å². The van der Waals surface area contributed by atoms with Crippen molar-refractivity contribution in [1.29, 1.82) is 0 Å². The largest absolute Gasteiger partial charge is 0.465 e. The summed E-state index contributed by atoms with van der Waals surface area (Å²) in [6, 6.07) is 18.9. The molecule has 9 heteroatoms. The number of carbonyl (C=O) groups is 1. The highest BCUT2D eigenvalue weighted by Crippen LogP contribution is 2.19. The lowest BCUT2D eigenvalue weighted by Gasteiger charge is -2.17. The van der Waals surface area contributed by atoms with Gasteiger partial charge >= 0.3 is 0 Å². The second kappa shape index (κ2) is 10.2. The fraction of sp³-hybridized carbons (Fsp3) is 0.0909. The van der Waals surface area contributed by atoms with Gasteiger partial charge in [0.2, 0.25) is 15.9 Å². The highest BCUT2D eigenvalue weighted by atomic mass is 32.2. The molecule has 0 radical (unpaired) electrons. The monoisotopic (exact) mass is 455 g/mol. The molecule has 1 heterocycles. The van der Waals surface area contributed by atoms with Crippen molar-refractivity contribution in [2.75, 3.05) is 12.4 Å². The second-order valence-corrected chi connectivity index (χ2v) is 9.02. The molecule has 2 aromatic carbocycles. The number of hydrogen-bond donors (Lipinski definition) is 2. The molecule has 0 saturated carbocycles. The Morgan fingerprint density at radius 1 is 1.06 bits per heavy atom. The molecule has 1 amide bonds. The highest BCUT2D eigenvalue weighted by Gasteiger charge is 2.20. The third kappa shape index (κ3) is 6.35. The van der Waals surface area contributed by atoms with E-state index in [4.69, 9.17) is 16.6 Å². The maximum absolute atomic E-state index is 12.8. The maximum Gasteiger partial charge on any atom is 0.250 e. The smallest absolute Gasteiger partial charge is 0.250 e. The van der Waals surface area contributed by atoms with Crippen molar-refractivity contribution < 1.29 is 17.6 Å². The van der Waals surface area contributed by atoms with Crippen molar-refractivity contribution in [2.24, 2.45) is 0 Å². The Morgan fingerprint density at radius 2 is 1.77 bits per heavy atom. The third-order valence-electron chi connectivity index (χ3n) is 4.25. The molecule has 3 aromatic rings. The second-order valence-electron chi connectivity index (χ2n) is 6.56. The number of nitrogens with one attached hydrogen (secondary N) is 2. The number of amides is 1. The summed E-state index contributed by atoms with van der Waals surface area (Å²) in [5.41, 5.74) is 1.44. The summed E-state index contributed by atoms with van der Waals surface area (Å²) >= 11 is 5.12. The van der Waals surface area contributed by atoms with E-state index in [0.29, 0.717) is 11.4 Å². The van der Waals surface area contributed by atoms with Gasteiger partial charge in [-0.3, -0.25) is 10.1 Å². The van der Waals surface area contributed by atoms with Crippen LogP contribution in [0.1, 0.15) is 11.3 Å². The van der Waals surface area contributed by atoms with Gasteiger partial charge < -0.3 is 9.73 Å². The molecule has 1 aromatic heterocycles. The first-order valence-electron chi connectivity index (χ1n) is 9.28. The van der Waals surface area contributed by atoms with Gasteiger partial charge in [0.25, 0.3) is 0 Å². The van der Waals surface area contributed by atoms with Crippen molar-refractivity contribution in [3.63, 3.8) is 0 Å². The predicted molar refractivity (Wildman–Crippen MR) is 124 cm³/mol. The summed E-state index contributed by atoms with van der Waals surface area (Å²) < 4.78 is 32.0. The summed E-state index contributed by atoms with van der Waals surface area (Å²) in [4.78, 5) is 12.1. The summed E-state index contributed by atoms with van der Waals surface area (Å²) in [5.74, 6) is 0.124. The molecule has 0 saturated heterocycles. The Hall–Kier alpha value is -3.27. The Kier molecular flexibility index (Phi) is 7.35. The van der Waals surface area contributed by atoms with E-state index in [2.05, 4.69) is 10.6 Å². The van der Waals surface area contributed by atoms with Crippen LogP contribution in [0.3, 0.4) is 0 Å². The van der Waals surface area contributed by atoms with Crippen LogP contribution in [-0.4, -0.2) is 30.8 Å². The molecule has 3 rings (SSSR count). The zero-order valence-corrected chi connectivity index (χ0v) is 18.3. The van der Waals surface area contributed by atoms with Gasteiger partial charge in [-0.1, -0.05) is 30.3 Å². The normalized spacial score (nSPS) is 11.5. The van der Waals surface area contributed by atoms with Gasteiger partial charge in [-0.05, 0) is 60.3 Å². The van der Waals surface area contributed by atoms with Gasteiger partial charge in [0.05, 0.1) is 11.2 Å². The van der Waals surface area contributed by atoms with Crippen LogP contribution < -0.4 is 10.6 Å². The number of rotatable bonds is 7. The minimum absolute atomic E-state index is 0.0888. The Balaban J connectivity index is 1.57. The van der Waals surface area contributed by atoms with Gasteiger partial charge in [0.1, 0.15) is 5.76 Å². The number of benzene rings is 2. The molecule has 0 unspecified atom stereocenters. The van der Waals surface area contributed by atoms with Crippen molar-refractivity contribution >= 4 is 45.0 Å². The molecule has 0 aliphatic heterocycles. The number of anilines is 1. The molecule has 0 bridgehead atoms. The van der Waals surface area contributed by atoms with E-state index in [1.165, 1.54) is 41.9 Å². The van der Waals surface area contributed by atoms with Crippen LogP contribution in [0.2, 0.25) is 0 Å². The van der Waals surface area contributed by atoms with Crippen LogP contribution in [0.5, 0.6) is 0 Å². The van der Waals surface area contributed by atoms with Gasteiger partial charge in [-0.2, -0.15) is 4.31 Å². The average molecular weight is 456 g/mol. The van der Waals surface area contributed by atoms with Crippen LogP contribution in [0.4, 0.5) is 5.69 Å². The third-order valence-corrected chi connectivity index (χ3v) is 6.27. The van der Waals surface area contributed by atoms with E-state index in [-0.39, 0.29) is 16.6 Å². The molecule has 0 aliphatic carbocycles. The Labute approximate surface area is 186 Å². The van der Waals surface area contributed by atoms with Gasteiger partial charge in [-0.25, -0.2) is 8.42 Å². The van der Waals surface area contributed by atoms with Crippen molar-refractivity contribution in [3.05, 3.63) is 90.4 Å². The molecule has 31 heavy (non-hydrogen) atoms. The minimum atomic E-state index is -3.65. The van der Waals surface area contributed by atoms with Crippen LogP contribution in [0.25, 0.3) is 6.08 Å². The summed E-state index contributed by atoms with van der Waals surface area (Å²) in [6.07, 6.45) is 4.32. The molecule has 7 nitrogen and oxygen atoms in total. The summed E-state index contributed by atoms with van der Waals surface area (Å²) in [7, 11) is -2.11. The first-order valence-corrected chi connectivity index (χ1v) is 11.1. The maximum atomic E-state index is 12.8. The average Bonchev–Trinajstić information content (AvgIpc) is 3.27. The number of furan rings is 1. The van der Waals surface area contributed by atoms with Crippen LogP contribution in [0, 0.1) is 0 Å². The van der Waals surface area contributed by atoms with E-state index < -0.39 is 15.9 Å². The topological polar surface area (TPSA) is 91.7 Å². The van der Waals surface area contributed by atoms with Gasteiger partial charge in [-0.15, -0.1) is 0 Å². The van der Waals surface area contributed by atoms with Crippen molar-refractivity contribution in [2.45, 2.75) is 11.4 Å². The summed E-state index contributed by atoms with van der Waals surface area (Å²) in [5, 5.41) is 5.44. The minimum Gasteiger partial charge on any atom is -0.465 e. The molecular formula is C22H21N3O4S2. The Bertz CT molecular complexity index is 1160. The lowest BCUT2D eigenvalue weighted by atomic mass is 10.2. The SMILES string of the molecule is CN(Cc1ccccc1)S(=O)(=O)c1ccc(NC(=S)NC(=O)/C=C/c2ccco2)cc1. The number of thiocarbonyl (C=S) groups is 1. The lowest BCUT2D eigenvalue weighted by molar-refractivity contribution is -0.115. The number of nitrogens with zero attached hydrogens (tertiary/aromatic N) is 1. The predicted octanol–water partition coefficient (Wildman–Crippen LogP) is 3.63. The van der Waals surface area contributed by atoms with Gasteiger partial charge in [0.15, 0.2) is 5.11 Å². The van der Waals surface area contributed by atoms with E-state index in [0.717, 1.165) is 5.56 Å². The molecular weight excluding hydrogens is 434 g/mol. The first kappa shape index (κ1) is 22.4. The van der Waals surface area contributed by atoms with E-state index in [9.17, 15) is 13.2 Å². The van der Waals surface area contributed by atoms with Crippen molar-refractivity contribution in [1.82, 2.24) is 9.62 Å². The molecule has 0 atom stereocenters. The van der Waals surface area contributed by atoms with Crippen molar-refractivity contribution in [3.8, 4) is 0 Å².